The molecule has 1 aromatic rings. The molecule has 0 aromatic heterocycles. The van der Waals surface area contributed by atoms with Crippen molar-refractivity contribution in [2.24, 2.45) is 0 Å². The van der Waals surface area contributed by atoms with Crippen LogP contribution in [0, 0.1) is 0 Å². The van der Waals surface area contributed by atoms with Gasteiger partial charge in [0.1, 0.15) is 0 Å². The van der Waals surface area contributed by atoms with Crippen LogP contribution in [0.25, 0.3) is 0 Å². The maximum atomic E-state index is 12.4. The first-order chi connectivity index (χ1) is 7.55. The van der Waals surface area contributed by atoms with Crippen LogP contribution < -0.4 is 10.9 Å². The van der Waals surface area contributed by atoms with Crippen molar-refractivity contribution in [1.29, 1.82) is 0 Å². The fraction of sp³-hybridized carbons (Fsp3) is 0.400. The van der Waals surface area contributed by atoms with Crippen LogP contribution in [-0.4, -0.2) is 18.3 Å². The highest BCUT2D eigenvalue weighted by molar-refractivity contribution is 8.00. The zero-order valence-electron chi connectivity index (χ0n) is 8.34. The summed E-state index contributed by atoms with van der Waals surface area (Å²) in [5.41, 5.74) is 5.30. The van der Waals surface area contributed by atoms with E-state index in [4.69, 9.17) is 0 Å². The molecular formula is C10H11F3N2S. The van der Waals surface area contributed by atoms with Gasteiger partial charge in [0.05, 0.1) is 5.56 Å². The second kappa shape index (κ2) is 4.65. The van der Waals surface area contributed by atoms with E-state index in [1.54, 1.807) is 6.07 Å². The Hall–Kier alpha value is -0.720. The van der Waals surface area contributed by atoms with Crippen molar-refractivity contribution in [2.75, 3.05) is 13.1 Å². The summed E-state index contributed by atoms with van der Waals surface area (Å²) in [5.74, 6) is 0. The highest BCUT2D eigenvalue weighted by Crippen LogP contribution is 2.33. The lowest BCUT2D eigenvalue weighted by Gasteiger charge is -2.10. The minimum atomic E-state index is -4.26. The van der Waals surface area contributed by atoms with Crippen LogP contribution in [0.2, 0.25) is 0 Å². The fourth-order valence-corrected chi connectivity index (χ4v) is 2.54. The first kappa shape index (κ1) is 11.8. The Morgan fingerprint density at radius 3 is 2.50 bits per heavy atom. The van der Waals surface area contributed by atoms with Crippen LogP contribution in [0.1, 0.15) is 5.56 Å². The van der Waals surface area contributed by atoms with Gasteiger partial charge in [-0.05, 0) is 18.2 Å². The van der Waals surface area contributed by atoms with E-state index >= 15 is 0 Å². The average molecular weight is 248 g/mol. The van der Waals surface area contributed by atoms with Crippen LogP contribution >= 0.6 is 11.8 Å². The Balaban J connectivity index is 2.09. The van der Waals surface area contributed by atoms with Crippen molar-refractivity contribution in [3.8, 4) is 0 Å². The molecule has 1 saturated heterocycles. The predicted molar refractivity (Wildman–Crippen MR) is 57.1 cm³/mol. The van der Waals surface area contributed by atoms with Gasteiger partial charge in [-0.25, -0.2) is 0 Å². The van der Waals surface area contributed by atoms with Crippen molar-refractivity contribution in [3.05, 3.63) is 29.8 Å². The molecule has 2 rings (SSSR count). The van der Waals surface area contributed by atoms with E-state index in [1.165, 1.54) is 23.9 Å². The van der Waals surface area contributed by atoms with Crippen molar-refractivity contribution >= 4 is 11.8 Å². The zero-order valence-corrected chi connectivity index (χ0v) is 9.16. The molecule has 2 N–H and O–H groups in total. The summed E-state index contributed by atoms with van der Waals surface area (Å²) in [6.07, 6.45) is -4.26. The highest BCUT2D eigenvalue weighted by atomic mass is 32.2. The molecule has 0 radical (unpaired) electrons. The molecule has 0 atom stereocenters. The lowest BCUT2D eigenvalue weighted by Crippen LogP contribution is -2.21. The topological polar surface area (TPSA) is 24.1 Å². The van der Waals surface area contributed by atoms with E-state index in [0.717, 1.165) is 19.2 Å². The minimum absolute atomic E-state index is 0.281. The lowest BCUT2D eigenvalue weighted by atomic mass is 10.2. The summed E-state index contributed by atoms with van der Waals surface area (Å²) in [4.78, 5) is 0.658. The van der Waals surface area contributed by atoms with Gasteiger partial charge in [0.2, 0.25) is 0 Å². The van der Waals surface area contributed by atoms with Crippen LogP contribution in [0.15, 0.2) is 29.2 Å². The number of rotatable bonds is 2. The first-order valence-electron chi connectivity index (χ1n) is 4.85. The quantitative estimate of drug-likeness (QED) is 0.839. The summed E-state index contributed by atoms with van der Waals surface area (Å²) >= 11 is 1.46. The number of hydrazine groups is 1. The van der Waals surface area contributed by atoms with Gasteiger partial charge >= 0.3 is 6.18 Å². The van der Waals surface area contributed by atoms with Gasteiger partial charge in [-0.15, -0.1) is 11.8 Å². The van der Waals surface area contributed by atoms with E-state index < -0.39 is 11.7 Å². The molecule has 88 valence electrons. The number of nitrogens with one attached hydrogen (secondary N) is 2. The molecule has 2 nitrogen and oxygen atoms in total. The molecule has 1 heterocycles. The van der Waals surface area contributed by atoms with Crippen LogP contribution in [0.4, 0.5) is 13.2 Å². The molecule has 0 unspecified atom stereocenters. The number of hydrogen-bond acceptors (Lipinski definition) is 3. The normalized spacial score (nSPS) is 17.9. The number of benzene rings is 1. The number of alkyl halides is 3. The first-order valence-corrected chi connectivity index (χ1v) is 5.73. The Labute approximate surface area is 95.6 Å². The second-order valence-corrected chi connectivity index (χ2v) is 4.90. The summed E-state index contributed by atoms with van der Waals surface area (Å²) < 4.78 is 37.3. The van der Waals surface area contributed by atoms with Crippen molar-refractivity contribution in [1.82, 2.24) is 10.9 Å². The Bertz CT molecular complexity index is 361. The molecular weight excluding hydrogens is 237 g/mol. The van der Waals surface area contributed by atoms with Gasteiger partial charge < -0.3 is 0 Å². The molecule has 6 heteroatoms. The van der Waals surface area contributed by atoms with Gasteiger partial charge in [-0.1, -0.05) is 6.07 Å². The summed E-state index contributed by atoms with van der Waals surface area (Å²) in [6, 6.07) is 5.44. The second-order valence-electron chi connectivity index (χ2n) is 3.53. The molecule has 0 aliphatic carbocycles. The third-order valence-electron chi connectivity index (χ3n) is 2.25. The zero-order chi connectivity index (χ0) is 11.6. The summed E-state index contributed by atoms with van der Waals surface area (Å²) in [6.45, 7) is 1.53. The lowest BCUT2D eigenvalue weighted by molar-refractivity contribution is -0.137. The van der Waals surface area contributed by atoms with Gasteiger partial charge in [0, 0.05) is 23.2 Å². The average Bonchev–Trinajstić information content (AvgIpc) is 2.70. The van der Waals surface area contributed by atoms with E-state index in [1.807, 2.05) is 0 Å². The van der Waals surface area contributed by atoms with Crippen LogP contribution in [0.3, 0.4) is 0 Å². The van der Waals surface area contributed by atoms with Crippen LogP contribution in [-0.2, 0) is 6.18 Å². The molecule has 0 amide bonds. The smallest absolute Gasteiger partial charge is 0.257 e. The van der Waals surface area contributed by atoms with E-state index in [2.05, 4.69) is 10.9 Å². The molecule has 16 heavy (non-hydrogen) atoms. The van der Waals surface area contributed by atoms with Gasteiger partial charge in [-0.3, -0.25) is 10.9 Å². The van der Waals surface area contributed by atoms with E-state index in [9.17, 15) is 13.2 Å². The predicted octanol–water partition coefficient (Wildman–Crippen LogP) is 2.27. The third-order valence-corrected chi connectivity index (χ3v) is 3.44. The SMILES string of the molecule is FC(F)(F)c1cccc(SC2CNNC2)c1. The molecule has 0 spiro atoms. The number of thioether (sulfide) groups is 1. The molecule has 0 bridgehead atoms. The molecule has 0 saturated carbocycles. The monoisotopic (exact) mass is 248 g/mol. The number of hydrogen-bond donors (Lipinski definition) is 2. The molecule has 1 aliphatic rings. The largest absolute Gasteiger partial charge is 0.416 e. The Kier molecular flexibility index (Phi) is 3.41. The van der Waals surface area contributed by atoms with E-state index in [-0.39, 0.29) is 5.25 Å². The van der Waals surface area contributed by atoms with Crippen molar-refractivity contribution in [3.63, 3.8) is 0 Å². The number of halogens is 3. The molecule has 1 fully saturated rings. The third kappa shape index (κ3) is 2.90. The maximum absolute atomic E-state index is 12.4. The molecule has 1 aromatic carbocycles. The Morgan fingerprint density at radius 1 is 1.19 bits per heavy atom. The summed E-state index contributed by atoms with van der Waals surface area (Å²) in [5, 5.41) is 0.281. The highest BCUT2D eigenvalue weighted by Gasteiger charge is 2.30. The van der Waals surface area contributed by atoms with Gasteiger partial charge in [0.25, 0.3) is 0 Å². The van der Waals surface area contributed by atoms with Crippen molar-refractivity contribution < 1.29 is 13.2 Å². The molecule has 1 aliphatic heterocycles. The Morgan fingerprint density at radius 2 is 1.88 bits per heavy atom. The van der Waals surface area contributed by atoms with Gasteiger partial charge in [-0.2, -0.15) is 13.2 Å². The summed E-state index contributed by atoms with van der Waals surface area (Å²) in [7, 11) is 0. The standard InChI is InChI=1S/C10H11F3N2S/c11-10(12,13)7-2-1-3-8(4-7)16-9-5-14-15-6-9/h1-4,9,14-15H,5-6H2. The van der Waals surface area contributed by atoms with E-state index in [0.29, 0.717) is 4.90 Å². The fourth-order valence-electron chi connectivity index (χ4n) is 1.47. The van der Waals surface area contributed by atoms with Crippen molar-refractivity contribution in [2.45, 2.75) is 16.3 Å². The van der Waals surface area contributed by atoms with Crippen LogP contribution in [0.5, 0.6) is 0 Å². The maximum Gasteiger partial charge on any atom is 0.416 e. The van der Waals surface area contributed by atoms with Gasteiger partial charge in [0.15, 0.2) is 0 Å². The minimum Gasteiger partial charge on any atom is -0.257 e.